The second kappa shape index (κ2) is 36.1. The molecule has 24 nitrogen and oxygen atoms in total. The van der Waals surface area contributed by atoms with Crippen LogP contribution < -0.4 is 24.8 Å². The zero-order valence-corrected chi connectivity index (χ0v) is 61.6. The average molecular weight is 1470 g/mol. The fraction of sp³-hybridized carbons (Fsp3) is 0.385. The zero-order chi connectivity index (χ0) is 74.0. The number of carbonyl (C=O) groups is 6. The lowest BCUT2D eigenvalue weighted by Gasteiger charge is -2.36. The molecule has 0 bridgehead atoms. The quantitative estimate of drug-likeness (QED) is 0.0250. The third kappa shape index (κ3) is 18.3. The molecule has 0 saturated heterocycles. The molecule has 544 valence electrons. The van der Waals surface area contributed by atoms with Gasteiger partial charge in [0.1, 0.15) is 11.5 Å². The van der Waals surface area contributed by atoms with Gasteiger partial charge in [-0.15, -0.1) is 0 Å². The number of rotatable bonds is 29. The lowest BCUT2D eigenvalue weighted by Crippen LogP contribution is -2.46. The number of methoxy groups -OCH3 is 3. The number of nitro benzene ring substituents is 1. The van der Waals surface area contributed by atoms with E-state index in [1.54, 1.807) is 81.7 Å². The molecule has 4 N–H and O–H groups in total. The van der Waals surface area contributed by atoms with Crippen molar-refractivity contribution in [1.82, 2.24) is 39.2 Å². The molecule has 0 spiro atoms. The number of hydrogen-bond donors (Lipinski definition) is 4. The van der Waals surface area contributed by atoms with Gasteiger partial charge in [-0.1, -0.05) is 108 Å². The van der Waals surface area contributed by atoms with Crippen molar-refractivity contribution in [1.29, 1.82) is 0 Å². The molecule has 2 aliphatic heterocycles. The van der Waals surface area contributed by atoms with E-state index in [1.807, 2.05) is 77.4 Å². The number of nitro groups is 1. The van der Waals surface area contributed by atoms with Crippen molar-refractivity contribution in [3.05, 3.63) is 209 Å². The highest BCUT2D eigenvalue weighted by atomic mass is 79.9. The van der Waals surface area contributed by atoms with Crippen LogP contribution in [0.25, 0.3) is 11.4 Å². The van der Waals surface area contributed by atoms with Gasteiger partial charge in [-0.25, -0.2) is 9.36 Å². The summed E-state index contributed by atoms with van der Waals surface area (Å²) in [4.78, 5) is 102. The van der Waals surface area contributed by atoms with Crippen molar-refractivity contribution in [2.45, 2.75) is 137 Å². The minimum Gasteiger partial charge on any atom is -0.496 e. The summed E-state index contributed by atoms with van der Waals surface area (Å²) >= 11 is 3.48. The Kier molecular flexibility index (Phi) is 26.9. The number of nitrogens with one attached hydrogen (secondary N) is 2. The fourth-order valence-corrected chi connectivity index (χ4v) is 13.4. The summed E-state index contributed by atoms with van der Waals surface area (Å²) in [6.07, 6.45) is 8.45. The molecule has 10 rings (SSSR count). The number of benzene rings is 6. The average Bonchev–Trinajstić information content (AvgIpc) is 1.09. The summed E-state index contributed by atoms with van der Waals surface area (Å²) < 4.78 is 19.7. The van der Waals surface area contributed by atoms with Crippen LogP contribution in [-0.2, 0) is 37.1 Å². The lowest BCUT2D eigenvalue weighted by atomic mass is 9.93. The number of ether oxygens (including phenoxy) is 3. The van der Waals surface area contributed by atoms with Gasteiger partial charge in [-0.05, 0) is 163 Å². The number of fused-ring (bicyclic) bond motifs is 2. The maximum Gasteiger partial charge on any atom is 0.315 e. The number of unbranched alkanes of at least 4 members (excludes halogenated alkanes) is 4. The number of anilines is 2. The van der Waals surface area contributed by atoms with Crippen LogP contribution in [0.5, 0.6) is 17.2 Å². The Morgan fingerprint density at radius 1 is 0.573 bits per heavy atom. The lowest BCUT2D eigenvalue weighted by molar-refractivity contribution is -0.385. The third-order valence-electron chi connectivity index (χ3n) is 18.5. The van der Waals surface area contributed by atoms with Crippen molar-refractivity contribution in [3.63, 3.8) is 0 Å². The van der Waals surface area contributed by atoms with Crippen LogP contribution in [0.1, 0.15) is 170 Å². The number of nitrogens with zero attached hydrogens (tertiary/aromatic N) is 9. The summed E-state index contributed by atoms with van der Waals surface area (Å²) in [5, 5.41) is 47.8. The van der Waals surface area contributed by atoms with Crippen LogP contribution >= 0.6 is 15.9 Å². The maximum absolute atomic E-state index is 14.7. The molecule has 2 aromatic heterocycles. The Bertz CT molecular complexity index is 4360. The van der Waals surface area contributed by atoms with E-state index in [0.717, 1.165) is 89.7 Å². The van der Waals surface area contributed by atoms with Gasteiger partial charge in [0.25, 0.3) is 29.5 Å². The van der Waals surface area contributed by atoms with Gasteiger partial charge in [-0.2, -0.15) is 10.2 Å². The largest absolute Gasteiger partial charge is 0.496 e. The van der Waals surface area contributed by atoms with E-state index < -0.39 is 34.5 Å². The monoisotopic (exact) mass is 1470 g/mol. The van der Waals surface area contributed by atoms with Gasteiger partial charge < -0.3 is 54.7 Å². The molecule has 8 aromatic rings. The molecule has 103 heavy (non-hydrogen) atoms. The van der Waals surface area contributed by atoms with E-state index in [0.29, 0.717) is 91.0 Å². The normalized spacial score (nSPS) is 13.7. The molecular formula is C78H92BrN11O13. The molecule has 6 amide bonds. The van der Waals surface area contributed by atoms with Crippen molar-refractivity contribution < 1.29 is 58.1 Å². The van der Waals surface area contributed by atoms with Gasteiger partial charge >= 0.3 is 5.69 Å². The number of aryl methyl sites for hydroxylation is 2. The van der Waals surface area contributed by atoms with Crippen LogP contribution in [0.15, 0.2) is 132 Å². The summed E-state index contributed by atoms with van der Waals surface area (Å²) in [5.74, 6) is -1.56. The van der Waals surface area contributed by atoms with Gasteiger partial charge in [0.05, 0.1) is 96.6 Å². The number of amides is 6. The van der Waals surface area contributed by atoms with Crippen molar-refractivity contribution in [2.75, 3.05) is 71.4 Å². The van der Waals surface area contributed by atoms with E-state index >= 15 is 0 Å². The SMILES string of the molecule is CCCCN(CCCC)C(=O)c1cc(C)n(-c2ccc(NC(=O)Cc3ccc(OC)c(Br)c3)cc2C(=O)N2Cc3ccccc3C[C@H]2CO)n1.CCCCN(CCCC)C(=O)c1cc(C)n(-c2ccc(NC(=O)c3cc(OC)cc([N+](=O)[O-])c3OC)cc2C(=O)N2Cc3ccccc3C[C@H]2CO)n1. The number of carbonyl (C=O) groups excluding carboxylic acids is 6. The first-order valence-corrected chi connectivity index (χ1v) is 35.8. The smallest absolute Gasteiger partial charge is 0.315 e. The maximum atomic E-state index is 14.7. The Balaban J connectivity index is 0.000000240. The summed E-state index contributed by atoms with van der Waals surface area (Å²) in [6, 6.07) is 36.0. The first-order chi connectivity index (χ1) is 49.7. The Hall–Kier alpha value is -10.2. The van der Waals surface area contributed by atoms with E-state index in [1.165, 1.54) is 26.4 Å². The van der Waals surface area contributed by atoms with Gasteiger partial charge in [-0.3, -0.25) is 38.9 Å². The third-order valence-corrected chi connectivity index (χ3v) is 19.1. The first-order valence-electron chi connectivity index (χ1n) is 35.0. The number of hydrogen-bond acceptors (Lipinski definition) is 15. The molecule has 0 radical (unpaired) electrons. The number of aliphatic hydroxyl groups excluding tert-OH is 2. The molecule has 0 aliphatic carbocycles. The van der Waals surface area contributed by atoms with Crippen LogP contribution in [0, 0.1) is 24.0 Å². The standard InChI is InChI=1S/C39H46BrN5O5.C39H46N6O8/c1-5-7-17-43(18-8-6-2)39(49)34-19-26(3)45(42-34)35-15-14-30(41-37(47)21-27-13-16-36(50-4)33(40)20-27)23-32(35)38(48)44-24-29-12-10-9-11-28(29)22-31(44)25-46;1-6-8-16-42(17-9-7-2)39(49)33-18-25(3)44(41-33)34-15-14-28(40-37(47)32-21-30(52-4)22-35(45(50)51)36(32)53-5)20-31(34)38(48)43-23-27-13-11-10-12-26(27)19-29(43)24-46/h9-16,19-20,23,31,46H,5-8,17-18,21-22,24-25H2,1-4H3,(H,41,47);10-15,18,20-22,29,46H,6-9,16-17,19,23-24H2,1-5H3,(H,40,47)/t31-;29-/m00/s1. The first kappa shape index (κ1) is 76.9. The Morgan fingerprint density at radius 3 is 1.44 bits per heavy atom. The summed E-state index contributed by atoms with van der Waals surface area (Å²) in [7, 11) is 4.14. The Morgan fingerprint density at radius 2 is 1.03 bits per heavy atom. The highest BCUT2D eigenvalue weighted by molar-refractivity contribution is 9.10. The van der Waals surface area contributed by atoms with Crippen LogP contribution in [0.3, 0.4) is 0 Å². The summed E-state index contributed by atoms with van der Waals surface area (Å²) in [5.41, 5.74) is 8.12. The molecule has 2 aliphatic rings. The molecule has 4 heterocycles. The number of aromatic nitrogens is 4. The van der Waals surface area contributed by atoms with Gasteiger partial charge in [0.15, 0.2) is 11.4 Å². The number of aliphatic hydroxyl groups is 2. The van der Waals surface area contributed by atoms with Crippen LogP contribution in [0.4, 0.5) is 17.1 Å². The van der Waals surface area contributed by atoms with Crippen molar-refractivity contribution in [3.8, 4) is 28.6 Å². The van der Waals surface area contributed by atoms with E-state index in [9.17, 15) is 49.1 Å². The van der Waals surface area contributed by atoms with E-state index in [4.69, 9.17) is 24.4 Å². The molecule has 0 unspecified atom stereocenters. The topological polar surface area (TPSA) is 286 Å². The minimum absolute atomic E-state index is 0.0803. The van der Waals surface area contributed by atoms with E-state index in [-0.39, 0.29) is 83.8 Å². The highest BCUT2D eigenvalue weighted by Gasteiger charge is 2.35. The Labute approximate surface area is 609 Å². The van der Waals surface area contributed by atoms with Crippen LogP contribution in [-0.4, -0.2) is 163 Å². The molecular weight excluding hydrogens is 1380 g/mol. The second-order valence-electron chi connectivity index (χ2n) is 25.7. The van der Waals surface area contributed by atoms with Gasteiger partial charge in [0, 0.05) is 62.0 Å². The molecule has 0 fully saturated rings. The van der Waals surface area contributed by atoms with Crippen molar-refractivity contribution >= 4 is 68.4 Å². The minimum atomic E-state index is -0.738. The highest BCUT2D eigenvalue weighted by Crippen LogP contribution is 2.37. The molecule has 6 aromatic carbocycles. The molecule has 25 heteroatoms. The predicted molar refractivity (Wildman–Crippen MR) is 397 cm³/mol. The summed E-state index contributed by atoms with van der Waals surface area (Å²) in [6.45, 7) is 14.6. The fourth-order valence-electron chi connectivity index (χ4n) is 12.9. The van der Waals surface area contributed by atoms with E-state index in [2.05, 4.69) is 54.3 Å². The van der Waals surface area contributed by atoms with Crippen molar-refractivity contribution in [2.24, 2.45) is 0 Å². The van der Waals surface area contributed by atoms with Crippen LogP contribution in [0.2, 0.25) is 0 Å². The number of halogens is 1. The second-order valence-corrected chi connectivity index (χ2v) is 26.6. The predicted octanol–water partition coefficient (Wildman–Crippen LogP) is 12.7. The van der Waals surface area contributed by atoms with Gasteiger partial charge in [0.2, 0.25) is 11.7 Å². The zero-order valence-electron chi connectivity index (χ0n) is 60.0. The molecule has 0 saturated carbocycles. The molecule has 2 atom stereocenters.